The van der Waals surface area contributed by atoms with E-state index in [0.717, 1.165) is 23.6 Å². The van der Waals surface area contributed by atoms with Crippen LogP contribution in [0.2, 0.25) is 0 Å². The molecule has 3 aliphatic heterocycles. The van der Waals surface area contributed by atoms with Crippen LogP contribution in [0.3, 0.4) is 0 Å². The average molecular weight is 628 g/mol. The van der Waals surface area contributed by atoms with Gasteiger partial charge >= 0.3 is 11.8 Å². The van der Waals surface area contributed by atoms with Crippen LogP contribution < -0.4 is 16.3 Å². The minimum absolute atomic E-state index is 0.177. The topological polar surface area (TPSA) is 235 Å². The van der Waals surface area contributed by atoms with Crippen molar-refractivity contribution < 1.29 is 48.9 Å². The van der Waals surface area contributed by atoms with Crippen LogP contribution in [-0.4, -0.2) is 107 Å². The summed E-state index contributed by atoms with van der Waals surface area (Å²) in [6, 6.07) is 0. The fourth-order valence-electron chi connectivity index (χ4n) is 4.79. The van der Waals surface area contributed by atoms with Crippen LogP contribution in [0.15, 0.2) is 22.3 Å². The van der Waals surface area contributed by atoms with Crippen LogP contribution in [-0.2, 0) is 14.2 Å². The molecule has 2 aromatic rings. The zero-order valence-electron chi connectivity index (χ0n) is 24.2. The van der Waals surface area contributed by atoms with E-state index in [4.69, 9.17) is 19.3 Å². The van der Waals surface area contributed by atoms with Crippen molar-refractivity contribution in [1.29, 1.82) is 0 Å². The third-order valence-electron chi connectivity index (χ3n) is 7.25. The van der Waals surface area contributed by atoms with Crippen molar-refractivity contribution in [1.82, 2.24) is 24.4 Å². The number of ether oxygens (including phenoxy) is 3. The van der Waals surface area contributed by atoms with Crippen LogP contribution in [0.1, 0.15) is 63.8 Å². The summed E-state index contributed by atoms with van der Waals surface area (Å²) in [5.74, 6) is -1.08. The van der Waals surface area contributed by atoms with Crippen molar-refractivity contribution in [3.8, 4) is 0 Å². The Bertz CT molecular complexity index is 1360. The number of β-amino-alcohol motifs (C(OH)–C–C–N with tert-alkyl or cyclic N) is 1. The number of amides is 1. The Morgan fingerprint density at radius 3 is 2.64 bits per heavy atom. The van der Waals surface area contributed by atoms with Crippen molar-refractivity contribution >= 4 is 24.1 Å². The summed E-state index contributed by atoms with van der Waals surface area (Å²) in [4.78, 5) is 35.4. The molecular weight excluding hydrogens is 589 g/mol. The van der Waals surface area contributed by atoms with Crippen molar-refractivity contribution in [2.75, 3.05) is 25.1 Å². The molecule has 2 fully saturated rings. The Kier molecular flexibility index (Phi) is 11.4. The number of aliphatic hydroxyl groups is 5. The lowest BCUT2D eigenvalue weighted by Gasteiger charge is -2.17. The fraction of sp³-hybridized carbons (Fsp3) is 0.654. The number of rotatable bonds is 8. The molecule has 18 heteroatoms. The van der Waals surface area contributed by atoms with Gasteiger partial charge in [-0.3, -0.25) is 14.5 Å². The molecule has 2 aromatic heterocycles. The lowest BCUT2D eigenvalue weighted by atomic mass is 10.1. The maximum absolute atomic E-state index is 14.1. The predicted molar refractivity (Wildman–Crippen MR) is 150 cm³/mol. The molecule has 7 N–H and O–H groups in total. The van der Waals surface area contributed by atoms with Gasteiger partial charge in [-0.05, 0) is 13.3 Å². The molecule has 2 saturated heterocycles. The second-order valence-corrected chi connectivity index (χ2v) is 10.5. The third-order valence-corrected chi connectivity index (χ3v) is 7.25. The van der Waals surface area contributed by atoms with Crippen molar-refractivity contribution in [3.05, 3.63) is 34.5 Å². The molecule has 44 heavy (non-hydrogen) atoms. The van der Waals surface area contributed by atoms with E-state index >= 15 is 0 Å². The first kappa shape index (κ1) is 33.4. The van der Waals surface area contributed by atoms with Gasteiger partial charge in [0.25, 0.3) is 0 Å². The van der Waals surface area contributed by atoms with Gasteiger partial charge in [-0.1, -0.05) is 19.8 Å². The predicted octanol–water partition coefficient (Wildman–Crippen LogP) is -0.420. The van der Waals surface area contributed by atoms with E-state index in [-0.39, 0.29) is 13.2 Å². The molecule has 0 aromatic carbocycles. The van der Waals surface area contributed by atoms with Crippen molar-refractivity contribution in [3.63, 3.8) is 0 Å². The van der Waals surface area contributed by atoms with E-state index < -0.39 is 72.5 Å². The number of nitrogens with zero attached hydrogens (tertiary/aromatic N) is 5. The summed E-state index contributed by atoms with van der Waals surface area (Å²) >= 11 is 0. The van der Waals surface area contributed by atoms with Gasteiger partial charge in [-0.25, -0.2) is 24.0 Å². The number of aliphatic imine (C=N–C) groups is 1. The highest BCUT2D eigenvalue weighted by Crippen LogP contribution is 2.35. The molecule has 17 nitrogen and oxygen atoms in total. The highest BCUT2D eigenvalue weighted by Gasteiger charge is 2.42. The van der Waals surface area contributed by atoms with Gasteiger partial charge in [0.2, 0.25) is 0 Å². The molecule has 5 rings (SSSR count). The summed E-state index contributed by atoms with van der Waals surface area (Å²) in [6.07, 6.45) is -1.35. The van der Waals surface area contributed by atoms with Gasteiger partial charge in [-0.15, -0.1) is 0 Å². The fourth-order valence-corrected chi connectivity index (χ4v) is 4.79. The van der Waals surface area contributed by atoms with E-state index in [1.165, 1.54) is 19.6 Å². The highest BCUT2D eigenvalue weighted by atomic mass is 19.1. The zero-order valence-corrected chi connectivity index (χ0v) is 24.2. The molecule has 0 saturated carbocycles. The molecule has 3 aliphatic rings. The van der Waals surface area contributed by atoms with Gasteiger partial charge in [0.05, 0.1) is 44.3 Å². The molecular formula is C26H38FN7O10. The second-order valence-electron chi connectivity index (χ2n) is 10.5. The number of anilines is 1. The molecule has 0 unspecified atom stereocenters. The standard InChI is InChI=1S/C15H22FN3O6.C11H16N4O4/c1-3-4-5-6-24-15(23)18-12-9(16)7-19(14(22)17-12)13-11(21)10(20)8(2)25-13;16-3-8-6(17)1-9(19-8)15-5-14-10-7(18)2-12-4-13-11(10)15/h7-8,10-11,13,20-21H,3-6H2,1-2H3,(H,17,18,22,23);4-9,16-18H,1-3H2,(H,12,13)/t8-,10-,11-,13-;6-,7+,8+,9+/m10/s1. The number of aromatic nitrogens is 4. The Hall–Kier alpha value is -3.52. The first-order chi connectivity index (χ1) is 21.0. The smallest absolute Gasteiger partial charge is 0.412 e. The minimum Gasteiger partial charge on any atom is -0.449 e. The quantitative estimate of drug-likeness (QED) is 0.184. The summed E-state index contributed by atoms with van der Waals surface area (Å²) in [5.41, 5.74) is -0.472. The number of hydrogen-bond donors (Lipinski definition) is 7. The van der Waals surface area contributed by atoms with E-state index in [1.807, 2.05) is 6.92 Å². The van der Waals surface area contributed by atoms with Crippen LogP contribution in [0, 0.1) is 5.82 Å². The minimum atomic E-state index is -1.41. The normalized spacial score (nSPS) is 29.3. The van der Waals surface area contributed by atoms with Crippen molar-refractivity contribution in [2.24, 2.45) is 4.99 Å². The Morgan fingerprint density at radius 1 is 1.20 bits per heavy atom. The van der Waals surface area contributed by atoms with E-state index in [2.05, 4.69) is 25.6 Å². The SMILES string of the molecule is CCCCCOC(=O)Nc1nc(=O)n([C@@H]2O[C@H](C)[C@@H](O)[C@H]2O)cc1F.OC[C@H]1O[C@@H](n2cnc3c2N=CNC[C@H]3O)C[C@@H]1O. The molecule has 5 heterocycles. The number of imidazole rings is 1. The van der Waals surface area contributed by atoms with Gasteiger partial charge in [-0.2, -0.15) is 4.98 Å². The molecule has 0 aliphatic carbocycles. The monoisotopic (exact) mass is 627 g/mol. The molecule has 0 bridgehead atoms. The largest absolute Gasteiger partial charge is 0.449 e. The number of hydrogen-bond acceptors (Lipinski definition) is 14. The van der Waals surface area contributed by atoms with E-state index in [0.29, 0.717) is 30.9 Å². The Balaban J connectivity index is 0.000000208. The second kappa shape index (κ2) is 15.0. The summed E-state index contributed by atoms with van der Waals surface area (Å²) < 4.78 is 32.2. The van der Waals surface area contributed by atoms with E-state index in [9.17, 15) is 34.4 Å². The summed E-state index contributed by atoms with van der Waals surface area (Å²) in [7, 11) is 0. The lowest BCUT2D eigenvalue weighted by molar-refractivity contribution is -0.0438. The molecule has 1 amide bonds. The lowest BCUT2D eigenvalue weighted by Crippen LogP contribution is -2.36. The Morgan fingerprint density at radius 2 is 1.98 bits per heavy atom. The number of carbonyl (C=O) groups excluding carboxylic acids is 1. The number of aliphatic hydroxyl groups excluding tert-OH is 5. The maximum Gasteiger partial charge on any atom is 0.412 e. The molecule has 8 atom stereocenters. The summed E-state index contributed by atoms with van der Waals surface area (Å²) in [5, 5.41) is 53.2. The first-order valence-electron chi connectivity index (χ1n) is 14.2. The number of fused-ring (bicyclic) bond motifs is 1. The number of halogens is 1. The maximum atomic E-state index is 14.1. The molecule has 244 valence electrons. The first-order valence-corrected chi connectivity index (χ1v) is 14.2. The number of unbranched alkanes of at least 4 members (excludes halogenated alkanes) is 2. The summed E-state index contributed by atoms with van der Waals surface area (Å²) in [6.45, 7) is 3.80. The Labute approximate surface area is 250 Å². The third kappa shape index (κ3) is 7.57. The molecule has 0 spiro atoms. The highest BCUT2D eigenvalue weighted by molar-refractivity contribution is 5.83. The van der Waals surface area contributed by atoms with Crippen LogP contribution in [0.25, 0.3) is 0 Å². The van der Waals surface area contributed by atoms with Crippen molar-refractivity contribution in [2.45, 2.75) is 88.6 Å². The number of carbonyl (C=O) groups is 1. The van der Waals surface area contributed by atoms with Gasteiger partial charge in [0, 0.05) is 13.0 Å². The van der Waals surface area contributed by atoms with Crippen LogP contribution in [0.5, 0.6) is 0 Å². The zero-order chi connectivity index (χ0) is 32.0. The number of nitrogens with one attached hydrogen (secondary N) is 2. The van der Waals surface area contributed by atoms with E-state index in [1.54, 1.807) is 4.57 Å². The molecule has 0 radical (unpaired) electrons. The van der Waals surface area contributed by atoms with Crippen LogP contribution >= 0.6 is 0 Å². The van der Waals surface area contributed by atoms with Crippen LogP contribution in [0.4, 0.5) is 20.8 Å². The van der Waals surface area contributed by atoms with Gasteiger partial charge < -0.3 is 45.1 Å². The van der Waals surface area contributed by atoms with Gasteiger partial charge in [0.1, 0.15) is 36.3 Å². The average Bonchev–Trinajstić information content (AvgIpc) is 3.62. The van der Waals surface area contributed by atoms with Gasteiger partial charge in [0.15, 0.2) is 23.7 Å².